The Bertz CT molecular complexity index is 1210. The van der Waals surface area contributed by atoms with Gasteiger partial charge in [-0.3, -0.25) is 14.5 Å². The maximum atomic E-state index is 13.5. The number of hydrogen-bond acceptors (Lipinski definition) is 5. The fourth-order valence-corrected chi connectivity index (χ4v) is 6.27. The molecular formula is C29H33N3O3S. The smallest absolute Gasteiger partial charge is 0.260 e. The minimum Gasteiger partial charge on any atom is -0.484 e. The minimum absolute atomic E-state index is 0.0111. The number of carbonyl (C=O) groups is 2. The maximum Gasteiger partial charge on any atom is 0.260 e. The second-order valence-electron chi connectivity index (χ2n) is 9.66. The fraction of sp³-hybridized carbons (Fsp3) is 0.379. The van der Waals surface area contributed by atoms with Gasteiger partial charge in [0.05, 0.1) is 12.6 Å². The number of carbonyl (C=O) groups excluding carboxylic acids is 2. The molecule has 188 valence electrons. The van der Waals surface area contributed by atoms with E-state index >= 15 is 0 Å². The molecule has 1 fully saturated rings. The van der Waals surface area contributed by atoms with E-state index in [1.807, 2.05) is 58.4 Å². The summed E-state index contributed by atoms with van der Waals surface area (Å²) in [6.07, 6.45) is 0.975. The first-order valence-electron chi connectivity index (χ1n) is 12.6. The Morgan fingerprint density at radius 2 is 1.72 bits per heavy atom. The zero-order valence-electron chi connectivity index (χ0n) is 20.9. The second-order valence-corrected chi connectivity index (χ2v) is 10.7. The van der Waals surface area contributed by atoms with Gasteiger partial charge in [-0.05, 0) is 60.5 Å². The predicted molar refractivity (Wildman–Crippen MR) is 142 cm³/mol. The molecule has 2 atom stereocenters. The Labute approximate surface area is 217 Å². The second kappa shape index (κ2) is 10.8. The first kappa shape index (κ1) is 24.5. The molecule has 7 heteroatoms. The van der Waals surface area contributed by atoms with Crippen LogP contribution in [0.15, 0.2) is 66.0 Å². The molecule has 0 bridgehead atoms. The van der Waals surface area contributed by atoms with Gasteiger partial charge in [0.1, 0.15) is 5.75 Å². The lowest BCUT2D eigenvalue weighted by Gasteiger charge is -2.42. The Morgan fingerprint density at radius 1 is 0.944 bits per heavy atom. The van der Waals surface area contributed by atoms with E-state index in [1.54, 1.807) is 0 Å². The van der Waals surface area contributed by atoms with Gasteiger partial charge in [-0.2, -0.15) is 0 Å². The molecule has 2 amide bonds. The topological polar surface area (TPSA) is 53.1 Å². The number of piperazine rings is 1. The van der Waals surface area contributed by atoms with E-state index in [0.717, 1.165) is 13.0 Å². The summed E-state index contributed by atoms with van der Waals surface area (Å²) < 4.78 is 5.65. The average Bonchev–Trinajstić information content (AvgIpc) is 3.37. The van der Waals surface area contributed by atoms with Gasteiger partial charge in [0, 0.05) is 37.1 Å². The molecule has 0 saturated carbocycles. The van der Waals surface area contributed by atoms with Crippen LogP contribution in [0.4, 0.5) is 0 Å². The first-order valence-corrected chi connectivity index (χ1v) is 13.5. The third kappa shape index (κ3) is 5.18. The van der Waals surface area contributed by atoms with Gasteiger partial charge in [0.15, 0.2) is 6.61 Å². The third-order valence-electron chi connectivity index (χ3n) is 7.29. The van der Waals surface area contributed by atoms with Crippen molar-refractivity contribution in [2.45, 2.75) is 32.4 Å². The Morgan fingerprint density at radius 3 is 2.50 bits per heavy atom. The third-order valence-corrected chi connectivity index (χ3v) is 8.29. The normalized spacial score (nSPS) is 20.2. The molecule has 0 N–H and O–H groups in total. The van der Waals surface area contributed by atoms with Gasteiger partial charge in [-0.25, -0.2) is 0 Å². The van der Waals surface area contributed by atoms with Crippen molar-refractivity contribution in [2.75, 3.05) is 39.3 Å². The SMILES string of the molecule is Cc1ccccc1[C@H]1c2ccsc2CCN1CC(=O)N1CCN(C(=O)COc2ccccc2)[C@H](C)C1. The summed E-state index contributed by atoms with van der Waals surface area (Å²) in [5.74, 6) is 0.775. The predicted octanol–water partition coefficient (Wildman–Crippen LogP) is 4.14. The van der Waals surface area contributed by atoms with Gasteiger partial charge in [0.25, 0.3) is 5.91 Å². The zero-order chi connectivity index (χ0) is 25.1. The number of aryl methyl sites for hydroxylation is 1. The maximum absolute atomic E-state index is 13.5. The lowest BCUT2D eigenvalue weighted by atomic mass is 9.90. The number of ether oxygens (including phenoxy) is 1. The molecule has 5 rings (SSSR count). The molecule has 0 unspecified atom stereocenters. The van der Waals surface area contributed by atoms with Crippen LogP contribution >= 0.6 is 11.3 Å². The Hall–Kier alpha value is -3.16. The number of nitrogens with zero attached hydrogens (tertiary/aromatic N) is 3. The van der Waals surface area contributed by atoms with Gasteiger partial charge >= 0.3 is 0 Å². The summed E-state index contributed by atoms with van der Waals surface area (Å²) in [7, 11) is 0. The van der Waals surface area contributed by atoms with Crippen molar-refractivity contribution in [3.63, 3.8) is 0 Å². The summed E-state index contributed by atoms with van der Waals surface area (Å²) in [6.45, 7) is 7.03. The Kier molecular flexibility index (Phi) is 7.39. The number of amides is 2. The minimum atomic E-state index is -0.0495. The van der Waals surface area contributed by atoms with E-state index in [1.165, 1.54) is 21.6 Å². The molecule has 6 nitrogen and oxygen atoms in total. The highest BCUT2D eigenvalue weighted by molar-refractivity contribution is 7.10. The molecule has 1 aromatic heterocycles. The number of thiophene rings is 1. The summed E-state index contributed by atoms with van der Waals surface area (Å²) in [5.41, 5.74) is 3.85. The number of benzene rings is 2. The quantitative estimate of drug-likeness (QED) is 0.507. The number of hydrogen-bond donors (Lipinski definition) is 0. The lowest BCUT2D eigenvalue weighted by molar-refractivity contribution is -0.144. The molecule has 1 saturated heterocycles. The van der Waals surface area contributed by atoms with Crippen molar-refractivity contribution in [3.8, 4) is 5.75 Å². The molecule has 3 aromatic rings. The zero-order valence-corrected chi connectivity index (χ0v) is 21.7. The number of rotatable bonds is 6. The van der Waals surface area contributed by atoms with E-state index in [9.17, 15) is 9.59 Å². The highest BCUT2D eigenvalue weighted by atomic mass is 32.1. The van der Waals surface area contributed by atoms with Gasteiger partial charge < -0.3 is 14.5 Å². The van der Waals surface area contributed by atoms with Gasteiger partial charge in [-0.15, -0.1) is 11.3 Å². The van der Waals surface area contributed by atoms with E-state index in [-0.39, 0.29) is 30.5 Å². The van der Waals surface area contributed by atoms with Crippen LogP contribution < -0.4 is 4.74 Å². The van der Waals surface area contributed by atoms with Crippen LogP contribution in [-0.2, 0) is 16.0 Å². The van der Waals surface area contributed by atoms with Crippen LogP contribution in [0.1, 0.15) is 34.5 Å². The van der Waals surface area contributed by atoms with Crippen LogP contribution in [0.5, 0.6) is 5.75 Å². The van der Waals surface area contributed by atoms with Crippen LogP contribution in [0.2, 0.25) is 0 Å². The van der Waals surface area contributed by atoms with Crippen LogP contribution in [-0.4, -0.2) is 71.9 Å². The molecular weight excluding hydrogens is 470 g/mol. The monoisotopic (exact) mass is 503 g/mol. The molecule has 3 heterocycles. The lowest BCUT2D eigenvalue weighted by Crippen LogP contribution is -2.57. The Balaban J connectivity index is 1.22. The largest absolute Gasteiger partial charge is 0.484 e. The standard InChI is InChI=1S/C29H33N3O3S/c1-21-8-6-7-11-24(21)29-25-13-17-36-26(25)12-14-31(29)19-27(33)30-15-16-32(22(2)18-30)28(34)20-35-23-9-4-3-5-10-23/h3-11,13,17,22,29H,12,14-16,18-20H2,1-2H3/t22-,29+/m1/s1. The van der Waals surface area contributed by atoms with E-state index in [2.05, 4.69) is 47.5 Å². The van der Waals surface area contributed by atoms with Crippen molar-refractivity contribution in [2.24, 2.45) is 0 Å². The summed E-state index contributed by atoms with van der Waals surface area (Å²) in [6, 6.07) is 20.1. The molecule has 0 radical (unpaired) electrons. The molecule has 0 aliphatic carbocycles. The molecule has 2 aromatic carbocycles. The molecule has 2 aliphatic heterocycles. The average molecular weight is 504 g/mol. The van der Waals surface area contributed by atoms with Crippen LogP contribution in [0, 0.1) is 6.92 Å². The molecule has 36 heavy (non-hydrogen) atoms. The summed E-state index contributed by atoms with van der Waals surface area (Å²) >= 11 is 1.81. The van der Waals surface area contributed by atoms with Crippen molar-refractivity contribution in [1.29, 1.82) is 0 Å². The number of fused-ring (bicyclic) bond motifs is 1. The highest BCUT2D eigenvalue weighted by Gasteiger charge is 2.35. The van der Waals surface area contributed by atoms with Crippen molar-refractivity contribution in [1.82, 2.24) is 14.7 Å². The first-order chi connectivity index (χ1) is 17.5. The van der Waals surface area contributed by atoms with E-state index in [4.69, 9.17) is 4.74 Å². The van der Waals surface area contributed by atoms with Crippen molar-refractivity contribution >= 4 is 23.2 Å². The number of para-hydroxylation sites is 1. The van der Waals surface area contributed by atoms with Crippen LogP contribution in [0.3, 0.4) is 0 Å². The fourth-order valence-electron chi connectivity index (χ4n) is 5.37. The van der Waals surface area contributed by atoms with Gasteiger partial charge in [0.2, 0.25) is 5.91 Å². The van der Waals surface area contributed by atoms with E-state index in [0.29, 0.717) is 31.9 Å². The van der Waals surface area contributed by atoms with Crippen molar-refractivity contribution < 1.29 is 14.3 Å². The molecule has 0 spiro atoms. The summed E-state index contributed by atoms with van der Waals surface area (Å²) in [4.78, 5) is 33.8. The molecule has 2 aliphatic rings. The van der Waals surface area contributed by atoms with Crippen LogP contribution in [0.25, 0.3) is 0 Å². The highest BCUT2D eigenvalue weighted by Crippen LogP contribution is 2.38. The summed E-state index contributed by atoms with van der Waals surface area (Å²) in [5, 5.41) is 2.17. The van der Waals surface area contributed by atoms with Gasteiger partial charge in [-0.1, -0.05) is 42.5 Å². The van der Waals surface area contributed by atoms with E-state index < -0.39 is 0 Å². The van der Waals surface area contributed by atoms with Crippen molar-refractivity contribution in [3.05, 3.63) is 87.6 Å².